The van der Waals surface area contributed by atoms with E-state index >= 15 is 0 Å². The summed E-state index contributed by atoms with van der Waals surface area (Å²) in [7, 11) is 0. The molecule has 0 unspecified atom stereocenters. The maximum atomic E-state index is 12.9. The first kappa shape index (κ1) is 18.6. The van der Waals surface area contributed by atoms with Crippen molar-refractivity contribution in [3.8, 4) is 0 Å². The summed E-state index contributed by atoms with van der Waals surface area (Å²) in [6, 6.07) is 18.3. The van der Waals surface area contributed by atoms with E-state index in [4.69, 9.17) is 0 Å². The number of hydrogen-bond acceptors (Lipinski definition) is 3. The van der Waals surface area contributed by atoms with Crippen LogP contribution in [0.25, 0.3) is 0 Å². The van der Waals surface area contributed by atoms with Gasteiger partial charge in [0.2, 0.25) is 0 Å². The van der Waals surface area contributed by atoms with Gasteiger partial charge < -0.3 is 15.3 Å². The Morgan fingerprint density at radius 1 is 0.923 bits per heavy atom. The summed E-state index contributed by atoms with van der Waals surface area (Å²) in [6.45, 7) is 4.08. The minimum absolute atomic E-state index is 0.365. The van der Waals surface area contributed by atoms with Gasteiger partial charge in [-0.05, 0) is 56.4 Å². The predicted molar refractivity (Wildman–Crippen MR) is 104 cm³/mol. The van der Waals surface area contributed by atoms with Crippen LogP contribution in [-0.2, 0) is 10.4 Å². The second-order valence-electron chi connectivity index (χ2n) is 6.95. The first-order valence-corrected chi connectivity index (χ1v) is 9.55. The van der Waals surface area contributed by atoms with Gasteiger partial charge in [0.1, 0.15) is 0 Å². The summed E-state index contributed by atoms with van der Waals surface area (Å²) in [5.74, 6) is -0.365. The number of carbonyl (C=O) groups is 1. The average molecular weight is 352 g/mol. The number of hydrogen-bond donors (Lipinski definition) is 2. The van der Waals surface area contributed by atoms with Crippen LogP contribution in [-0.4, -0.2) is 42.1 Å². The Morgan fingerprint density at radius 2 is 1.46 bits per heavy atom. The van der Waals surface area contributed by atoms with E-state index in [0.717, 1.165) is 19.4 Å². The second-order valence-corrected chi connectivity index (χ2v) is 6.95. The molecule has 1 heterocycles. The molecule has 0 radical (unpaired) electrons. The maximum absolute atomic E-state index is 12.9. The van der Waals surface area contributed by atoms with E-state index in [1.807, 2.05) is 36.4 Å². The fraction of sp³-hybridized carbons (Fsp3) is 0.409. The third-order valence-electron chi connectivity index (χ3n) is 5.10. The van der Waals surface area contributed by atoms with Crippen molar-refractivity contribution in [1.29, 1.82) is 0 Å². The molecule has 2 aromatic carbocycles. The average Bonchev–Trinajstić information content (AvgIpc) is 3.22. The van der Waals surface area contributed by atoms with E-state index in [2.05, 4.69) is 10.2 Å². The SMILES string of the molecule is O=C(NCCCCN1CCCC1)C(O)(c1ccccc1)c1ccccc1. The highest BCUT2D eigenvalue weighted by Gasteiger charge is 2.39. The van der Waals surface area contributed by atoms with Gasteiger partial charge in [0.15, 0.2) is 5.60 Å². The van der Waals surface area contributed by atoms with Gasteiger partial charge >= 0.3 is 0 Å². The van der Waals surface area contributed by atoms with Gasteiger partial charge in [-0.2, -0.15) is 0 Å². The lowest BCUT2D eigenvalue weighted by Gasteiger charge is -2.28. The molecule has 2 N–H and O–H groups in total. The van der Waals surface area contributed by atoms with Crippen LogP contribution < -0.4 is 5.32 Å². The lowest BCUT2D eigenvalue weighted by molar-refractivity contribution is -0.136. The lowest BCUT2D eigenvalue weighted by atomic mass is 9.85. The molecule has 0 bridgehead atoms. The number of nitrogens with one attached hydrogen (secondary N) is 1. The van der Waals surface area contributed by atoms with E-state index in [0.29, 0.717) is 17.7 Å². The van der Waals surface area contributed by atoms with Crippen molar-refractivity contribution in [1.82, 2.24) is 10.2 Å². The molecule has 26 heavy (non-hydrogen) atoms. The standard InChI is InChI=1S/C22H28N2O2/c25-21(23-15-7-8-16-24-17-9-10-18-24)22(26,19-11-3-1-4-12-19)20-13-5-2-6-14-20/h1-6,11-14,26H,7-10,15-18H2,(H,23,25). The number of unbranched alkanes of at least 4 members (excludes halogenated alkanes) is 1. The van der Waals surface area contributed by atoms with Crippen LogP contribution in [0.3, 0.4) is 0 Å². The lowest BCUT2D eigenvalue weighted by Crippen LogP contribution is -2.45. The highest BCUT2D eigenvalue weighted by molar-refractivity contribution is 5.90. The number of likely N-dealkylation sites (tertiary alicyclic amines) is 1. The molecular formula is C22H28N2O2. The molecule has 1 aliphatic heterocycles. The van der Waals surface area contributed by atoms with Crippen LogP contribution in [0.5, 0.6) is 0 Å². The molecule has 0 spiro atoms. The molecular weight excluding hydrogens is 324 g/mol. The fourth-order valence-corrected chi connectivity index (χ4v) is 3.58. The molecule has 0 atom stereocenters. The molecule has 0 aromatic heterocycles. The normalized spacial score (nSPS) is 15.1. The van der Waals surface area contributed by atoms with Crippen molar-refractivity contribution < 1.29 is 9.90 Å². The van der Waals surface area contributed by atoms with E-state index in [1.54, 1.807) is 24.3 Å². The summed E-state index contributed by atoms with van der Waals surface area (Å²) < 4.78 is 0. The zero-order valence-corrected chi connectivity index (χ0v) is 15.2. The van der Waals surface area contributed by atoms with Gasteiger partial charge in [-0.25, -0.2) is 0 Å². The Kier molecular flexibility index (Phi) is 6.42. The fourth-order valence-electron chi connectivity index (χ4n) is 3.58. The maximum Gasteiger partial charge on any atom is 0.261 e. The highest BCUT2D eigenvalue weighted by Crippen LogP contribution is 2.29. The van der Waals surface area contributed by atoms with Crippen LogP contribution in [0.15, 0.2) is 60.7 Å². The highest BCUT2D eigenvalue weighted by atomic mass is 16.3. The number of carbonyl (C=O) groups excluding carboxylic acids is 1. The second kappa shape index (κ2) is 8.97. The van der Waals surface area contributed by atoms with Gasteiger partial charge in [0, 0.05) is 6.54 Å². The van der Waals surface area contributed by atoms with Gasteiger partial charge in [0.05, 0.1) is 0 Å². The number of rotatable bonds is 8. The van der Waals surface area contributed by atoms with Crippen molar-refractivity contribution in [2.24, 2.45) is 0 Å². The minimum atomic E-state index is -1.67. The zero-order valence-electron chi connectivity index (χ0n) is 15.2. The third-order valence-corrected chi connectivity index (χ3v) is 5.10. The molecule has 2 aromatic rings. The largest absolute Gasteiger partial charge is 0.372 e. The van der Waals surface area contributed by atoms with Gasteiger partial charge in [-0.1, -0.05) is 60.7 Å². The Hall–Kier alpha value is -2.17. The van der Waals surface area contributed by atoms with E-state index in [9.17, 15) is 9.90 Å². The molecule has 1 amide bonds. The van der Waals surface area contributed by atoms with Crippen LogP contribution in [0.4, 0.5) is 0 Å². The van der Waals surface area contributed by atoms with Crippen molar-refractivity contribution in [2.45, 2.75) is 31.3 Å². The quantitative estimate of drug-likeness (QED) is 0.718. The molecule has 0 aliphatic carbocycles. The summed E-state index contributed by atoms with van der Waals surface area (Å²) in [5, 5.41) is 14.3. The van der Waals surface area contributed by atoms with Crippen molar-refractivity contribution in [3.63, 3.8) is 0 Å². The zero-order chi connectivity index (χ0) is 18.2. The summed E-state index contributed by atoms with van der Waals surface area (Å²) in [4.78, 5) is 15.4. The molecule has 0 saturated carbocycles. The molecule has 4 heteroatoms. The van der Waals surface area contributed by atoms with E-state index < -0.39 is 5.60 Å². The van der Waals surface area contributed by atoms with E-state index in [1.165, 1.54) is 25.9 Å². The van der Waals surface area contributed by atoms with Crippen LogP contribution in [0, 0.1) is 0 Å². The number of aliphatic hydroxyl groups is 1. The third kappa shape index (κ3) is 4.32. The monoisotopic (exact) mass is 352 g/mol. The Bertz CT molecular complexity index is 642. The van der Waals surface area contributed by atoms with Crippen molar-refractivity contribution >= 4 is 5.91 Å². The number of benzene rings is 2. The van der Waals surface area contributed by atoms with Gasteiger partial charge in [-0.3, -0.25) is 4.79 Å². The first-order chi connectivity index (χ1) is 12.7. The van der Waals surface area contributed by atoms with E-state index in [-0.39, 0.29) is 5.91 Å². The molecule has 1 saturated heterocycles. The van der Waals surface area contributed by atoms with Crippen LogP contribution in [0.2, 0.25) is 0 Å². The molecule has 1 aliphatic rings. The topological polar surface area (TPSA) is 52.6 Å². The predicted octanol–water partition coefficient (Wildman–Crippen LogP) is 2.91. The van der Waals surface area contributed by atoms with Gasteiger partial charge in [0.25, 0.3) is 5.91 Å². The number of amides is 1. The Balaban J connectivity index is 1.62. The smallest absolute Gasteiger partial charge is 0.261 e. The van der Waals surface area contributed by atoms with Crippen LogP contribution >= 0.6 is 0 Å². The Morgan fingerprint density at radius 3 is 2.00 bits per heavy atom. The molecule has 3 rings (SSSR count). The molecule has 1 fully saturated rings. The molecule has 4 nitrogen and oxygen atoms in total. The Labute approximate surface area is 155 Å². The first-order valence-electron chi connectivity index (χ1n) is 9.55. The minimum Gasteiger partial charge on any atom is -0.372 e. The molecule has 138 valence electrons. The summed E-state index contributed by atoms with van der Waals surface area (Å²) in [5.41, 5.74) is -0.501. The number of nitrogens with zero attached hydrogens (tertiary/aromatic N) is 1. The van der Waals surface area contributed by atoms with Gasteiger partial charge in [-0.15, -0.1) is 0 Å². The van der Waals surface area contributed by atoms with Crippen molar-refractivity contribution in [2.75, 3.05) is 26.2 Å². The van der Waals surface area contributed by atoms with Crippen LogP contribution in [0.1, 0.15) is 36.8 Å². The summed E-state index contributed by atoms with van der Waals surface area (Å²) >= 11 is 0. The summed E-state index contributed by atoms with van der Waals surface area (Å²) in [6.07, 6.45) is 4.59. The van der Waals surface area contributed by atoms with Crippen molar-refractivity contribution in [3.05, 3.63) is 71.8 Å².